The molecular weight excluding hydrogens is 541 g/mol. The van der Waals surface area contributed by atoms with E-state index in [9.17, 15) is 4.79 Å². The Bertz CT molecular complexity index is 1580. The largest absolute Gasteiger partial charge is 0.381 e. The van der Waals surface area contributed by atoms with Crippen molar-refractivity contribution in [2.24, 2.45) is 29.4 Å². The van der Waals surface area contributed by atoms with Gasteiger partial charge >= 0.3 is 0 Å². The number of hydrogen-bond acceptors (Lipinski definition) is 4. The summed E-state index contributed by atoms with van der Waals surface area (Å²) in [5.74, 6) is 1.57. The number of carbonyl (C=O) groups is 1. The number of nitrogens with one attached hydrogen (secondary N) is 1. The molecule has 1 amide bonds. The molecule has 1 aromatic carbocycles. The van der Waals surface area contributed by atoms with Crippen LogP contribution >= 0.6 is 0 Å². The summed E-state index contributed by atoms with van der Waals surface area (Å²) in [6.07, 6.45) is 11.5. The van der Waals surface area contributed by atoms with Crippen LogP contribution in [-0.2, 0) is 17.8 Å². The number of fused-ring (bicyclic) bond motifs is 1. The minimum Gasteiger partial charge on any atom is -0.381 e. The molecule has 232 valence electrons. The summed E-state index contributed by atoms with van der Waals surface area (Å²) in [4.78, 5) is 18.2. The van der Waals surface area contributed by atoms with E-state index in [1.807, 2.05) is 37.5 Å². The van der Waals surface area contributed by atoms with Crippen LogP contribution < -0.4 is 21.6 Å². The Morgan fingerprint density at radius 2 is 1.91 bits per heavy atom. The Kier molecular flexibility index (Phi) is 9.87. The van der Waals surface area contributed by atoms with Gasteiger partial charge in [0.15, 0.2) is 5.82 Å². The highest BCUT2D eigenvalue weighted by Gasteiger charge is 2.31. The van der Waals surface area contributed by atoms with Gasteiger partial charge in [0.1, 0.15) is 11.3 Å². The molecule has 7 nitrogen and oxygen atoms in total. The molecule has 3 fully saturated rings. The standard InChI is InChI=1S/C33H42FN5O2.C2H6/c1-4-5-6-24-15-29(38(21(24)3)17-22-8-9-22)32-37-28-14-26(33(40)36-16-25-10-7-20(2)30(25)35)13-27(34)31(28)39(32)18-23-11-12-41-19-23;1-2/h4-6,13-15,20,22-23,25,30H,3,7-12,16-19,35H2,1-2H3,(H,36,40);1-2H3/b5-4-,24-6-;/t20?,23-,25?,30?;/m1./s1. The minimum absolute atomic E-state index is 0.0760. The van der Waals surface area contributed by atoms with E-state index in [0.717, 1.165) is 42.1 Å². The summed E-state index contributed by atoms with van der Waals surface area (Å²) >= 11 is 0. The molecular formula is C35H48FN5O2. The maximum absolute atomic E-state index is 16.0. The Labute approximate surface area is 254 Å². The van der Waals surface area contributed by atoms with Gasteiger partial charge in [0.2, 0.25) is 0 Å². The number of benzene rings is 1. The predicted octanol–water partition coefficient (Wildman–Crippen LogP) is 4.99. The lowest BCUT2D eigenvalue weighted by molar-refractivity contribution is 0.0945. The maximum Gasteiger partial charge on any atom is 0.251 e. The topological polar surface area (TPSA) is 87.1 Å². The number of rotatable bonds is 9. The van der Waals surface area contributed by atoms with Crippen LogP contribution in [0, 0.1) is 29.5 Å². The Morgan fingerprint density at radius 3 is 2.56 bits per heavy atom. The van der Waals surface area contributed by atoms with Crippen molar-refractivity contribution >= 4 is 29.6 Å². The fraction of sp³-hybridized carbons (Fsp3) is 0.543. The summed E-state index contributed by atoms with van der Waals surface area (Å²) < 4.78 is 25.9. The molecule has 3 aliphatic rings. The van der Waals surface area contributed by atoms with Crippen LogP contribution in [0.3, 0.4) is 0 Å². The summed E-state index contributed by atoms with van der Waals surface area (Å²) in [5, 5.41) is 4.97. The number of nitrogens with two attached hydrogens (primary N) is 1. The van der Waals surface area contributed by atoms with E-state index >= 15 is 4.39 Å². The van der Waals surface area contributed by atoms with Crippen molar-refractivity contribution in [2.75, 3.05) is 19.8 Å². The molecule has 43 heavy (non-hydrogen) atoms. The molecule has 0 bridgehead atoms. The van der Waals surface area contributed by atoms with Gasteiger partial charge in [0.25, 0.3) is 5.91 Å². The van der Waals surface area contributed by atoms with Crippen molar-refractivity contribution in [3.63, 3.8) is 0 Å². The highest BCUT2D eigenvalue weighted by atomic mass is 19.1. The normalized spacial score (nSPS) is 24.2. The Balaban J connectivity index is 0.00000180. The highest BCUT2D eigenvalue weighted by molar-refractivity contribution is 5.98. The van der Waals surface area contributed by atoms with Crippen LogP contribution in [0.5, 0.6) is 0 Å². The fourth-order valence-electron chi connectivity index (χ4n) is 6.50. The lowest BCUT2D eigenvalue weighted by atomic mass is 10.00. The van der Waals surface area contributed by atoms with Crippen LogP contribution in [0.1, 0.15) is 70.2 Å². The van der Waals surface area contributed by atoms with Crippen molar-refractivity contribution in [3.8, 4) is 11.5 Å². The van der Waals surface area contributed by atoms with Crippen molar-refractivity contribution < 1.29 is 13.9 Å². The van der Waals surface area contributed by atoms with Gasteiger partial charge in [-0.3, -0.25) is 4.79 Å². The van der Waals surface area contributed by atoms with Gasteiger partial charge in [-0.25, -0.2) is 9.37 Å². The number of hydrogen-bond donors (Lipinski definition) is 2. The van der Waals surface area contributed by atoms with Crippen molar-refractivity contribution in [2.45, 2.75) is 78.9 Å². The molecule has 2 saturated carbocycles. The molecule has 1 saturated heterocycles. The zero-order chi connectivity index (χ0) is 30.7. The van der Waals surface area contributed by atoms with Crippen LogP contribution in [0.2, 0.25) is 0 Å². The van der Waals surface area contributed by atoms with Crippen LogP contribution in [-0.4, -0.2) is 45.8 Å². The highest BCUT2D eigenvalue weighted by Crippen LogP contribution is 2.34. The first-order valence-electron chi connectivity index (χ1n) is 16.2. The molecule has 3 heterocycles. The average Bonchev–Trinajstić information content (AvgIpc) is 3.27. The van der Waals surface area contributed by atoms with Crippen LogP contribution in [0.25, 0.3) is 35.2 Å². The first-order valence-corrected chi connectivity index (χ1v) is 16.2. The molecule has 1 aliphatic heterocycles. The molecule has 3 unspecified atom stereocenters. The average molecular weight is 590 g/mol. The van der Waals surface area contributed by atoms with Gasteiger partial charge < -0.3 is 24.9 Å². The summed E-state index contributed by atoms with van der Waals surface area (Å²) in [7, 11) is 0. The lowest BCUT2D eigenvalue weighted by Gasteiger charge is -2.18. The third-order valence-corrected chi connectivity index (χ3v) is 9.32. The van der Waals surface area contributed by atoms with E-state index in [-0.39, 0.29) is 29.3 Å². The van der Waals surface area contributed by atoms with Crippen LogP contribution in [0.15, 0.2) is 30.4 Å². The summed E-state index contributed by atoms with van der Waals surface area (Å²) in [6.45, 7) is 15.9. The molecule has 3 aromatic rings. The Hall–Kier alpha value is -3.23. The number of aromatic nitrogens is 3. The number of nitrogens with zero attached hydrogens (tertiary/aromatic N) is 3. The van der Waals surface area contributed by atoms with E-state index in [1.165, 1.54) is 18.9 Å². The first-order chi connectivity index (χ1) is 20.8. The second-order valence-electron chi connectivity index (χ2n) is 12.4. The van der Waals surface area contributed by atoms with Gasteiger partial charge in [0.05, 0.1) is 17.8 Å². The SMILES string of the molecule is C=c1/c(=C\C=C/C)cc(-c2nc3cc(C(=O)NCC4CCC(C)C4N)cc(F)c3n2C[C@H]2CCOC2)n1CC1CC1.CC. The van der Waals surface area contributed by atoms with E-state index in [2.05, 4.69) is 35.5 Å². The summed E-state index contributed by atoms with van der Waals surface area (Å²) in [6, 6.07) is 5.27. The number of carbonyl (C=O) groups excluding carboxylic acids is 1. The zero-order valence-electron chi connectivity index (χ0n) is 26.2. The van der Waals surface area contributed by atoms with E-state index < -0.39 is 5.82 Å². The van der Waals surface area contributed by atoms with Crippen molar-refractivity contribution in [1.29, 1.82) is 0 Å². The van der Waals surface area contributed by atoms with Crippen molar-refractivity contribution in [3.05, 3.63) is 52.3 Å². The van der Waals surface area contributed by atoms with Crippen molar-refractivity contribution in [1.82, 2.24) is 19.4 Å². The van der Waals surface area contributed by atoms with Gasteiger partial charge in [-0.2, -0.15) is 0 Å². The minimum atomic E-state index is -0.438. The first kappa shape index (κ1) is 31.2. The molecule has 6 rings (SSSR count). The lowest BCUT2D eigenvalue weighted by Crippen LogP contribution is -2.38. The second kappa shape index (κ2) is 13.6. The third-order valence-electron chi connectivity index (χ3n) is 9.32. The van der Waals surface area contributed by atoms with E-state index in [0.29, 0.717) is 55.0 Å². The van der Waals surface area contributed by atoms with Gasteiger partial charge in [-0.1, -0.05) is 45.6 Å². The predicted molar refractivity (Wildman–Crippen MR) is 172 cm³/mol. The van der Waals surface area contributed by atoms with Crippen LogP contribution in [0.4, 0.5) is 4.39 Å². The maximum atomic E-state index is 16.0. The molecule has 8 heteroatoms. The third kappa shape index (κ3) is 6.65. The number of imidazole rings is 1. The zero-order valence-corrected chi connectivity index (χ0v) is 26.2. The molecule has 0 spiro atoms. The van der Waals surface area contributed by atoms with E-state index in [1.54, 1.807) is 6.07 Å². The molecule has 3 N–H and O–H groups in total. The Morgan fingerprint density at radius 1 is 1.14 bits per heavy atom. The fourth-order valence-corrected chi connectivity index (χ4v) is 6.50. The smallest absolute Gasteiger partial charge is 0.251 e. The number of halogens is 1. The molecule has 2 aromatic heterocycles. The summed E-state index contributed by atoms with van der Waals surface area (Å²) in [5.41, 5.74) is 8.46. The van der Waals surface area contributed by atoms with Gasteiger partial charge in [0, 0.05) is 49.1 Å². The number of ether oxygens (including phenoxy) is 1. The quantitative estimate of drug-likeness (QED) is 0.368. The van der Waals surface area contributed by atoms with Gasteiger partial charge in [-0.15, -0.1) is 0 Å². The van der Waals surface area contributed by atoms with Gasteiger partial charge in [-0.05, 0) is 80.2 Å². The van der Waals surface area contributed by atoms with E-state index in [4.69, 9.17) is 15.5 Å². The monoisotopic (exact) mass is 589 g/mol. The molecule has 4 atom stereocenters. The second-order valence-corrected chi connectivity index (χ2v) is 12.4. The number of allylic oxidation sites excluding steroid dienone is 2. The number of amides is 1. The molecule has 2 aliphatic carbocycles. The molecule has 0 radical (unpaired) electrons.